The smallest absolute Gasteiger partial charge is 0.140 e. The molecule has 1 aromatic carbocycles. The lowest BCUT2D eigenvalue weighted by Gasteiger charge is -2.24. The van der Waals surface area contributed by atoms with Crippen LogP contribution in [0.2, 0.25) is 0 Å². The van der Waals surface area contributed by atoms with Crippen molar-refractivity contribution < 1.29 is 0 Å². The van der Waals surface area contributed by atoms with E-state index in [1.165, 1.54) is 17.7 Å². The van der Waals surface area contributed by atoms with Gasteiger partial charge in [0.2, 0.25) is 0 Å². The van der Waals surface area contributed by atoms with Crippen LogP contribution in [0.1, 0.15) is 23.5 Å². The molecule has 6 heteroatoms. The molecule has 0 aliphatic heterocycles. The maximum atomic E-state index is 5.71. The molecule has 118 valence electrons. The van der Waals surface area contributed by atoms with Gasteiger partial charge in [0, 0.05) is 28.9 Å². The summed E-state index contributed by atoms with van der Waals surface area (Å²) in [6.45, 7) is 1.43. The average Bonchev–Trinajstić information content (AvgIpc) is 3.28. The van der Waals surface area contributed by atoms with Crippen LogP contribution >= 0.6 is 11.3 Å². The number of benzene rings is 1. The zero-order valence-electron chi connectivity index (χ0n) is 12.9. The third-order valence-electron chi connectivity index (χ3n) is 4.07. The van der Waals surface area contributed by atoms with Crippen molar-refractivity contribution >= 4 is 28.1 Å². The van der Waals surface area contributed by atoms with Gasteiger partial charge in [-0.1, -0.05) is 12.1 Å². The molecule has 0 unspecified atom stereocenters. The fourth-order valence-electron chi connectivity index (χ4n) is 2.82. The van der Waals surface area contributed by atoms with Crippen LogP contribution in [0.15, 0.2) is 36.0 Å². The molecular weight excluding hydrogens is 306 g/mol. The minimum atomic E-state index is 0.566. The fraction of sp³-hybridized carbons (Fsp3) is 0.353. The number of hydrogen-bond donors (Lipinski definition) is 1. The lowest BCUT2D eigenvalue weighted by Crippen LogP contribution is -2.26. The number of nitrogens with two attached hydrogens (primary N) is 1. The van der Waals surface area contributed by atoms with Crippen LogP contribution in [0.3, 0.4) is 0 Å². The molecule has 0 saturated heterocycles. The molecule has 4 rings (SSSR count). The molecule has 0 radical (unpaired) electrons. The van der Waals surface area contributed by atoms with Gasteiger partial charge in [0.25, 0.3) is 0 Å². The summed E-state index contributed by atoms with van der Waals surface area (Å²) in [5.41, 5.74) is 8.60. The highest BCUT2D eigenvalue weighted by molar-refractivity contribution is 7.09. The summed E-state index contributed by atoms with van der Waals surface area (Å²) in [7, 11) is 0. The van der Waals surface area contributed by atoms with Crippen molar-refractivity contribution in [2.24, 2.45) is 5.73 Å². The number of thiazole rings is 1. The molecule has 1 aliphatic rings. The third kappa shape index (κ3) is 3.04. The number of rotatable bonds is 6. The third-order valence-corrected chi connectivity index (χ3v) is 4.83. The molecular formula is C17H19N5S. The van der Waals surface area contributed by atoms with E-state index in [1.807, 2.05) is 17.8 Å². The summed E-state index contributed by atoms with van der Waals surface area (Å²) in [4.78, 5) is 17.4. The van der Waals surface area contributed by atoms with Crippen molar-refractivity contribution in [2.45, 2.75) is 31.8 Å². The SMILES string of the molecule is NCCc1nc(N(Cc2cncs2)C2CC2)c2ccccc2n1. The van der Waals surface area contributed by atoms with Crippen molar-refractivity contribution in [1.82, 2.24) is 15.0 Å². The fourth-order valence-corrected chi connectivity index (χ4v) is 3.41. The Labute approximate surface area is 139 Å². The first-order chi connectivity index (χ1) is 11.3. The summed E-state index contributed by atoms with van der Waals surface area (Å²) >= 11 is 1.69. The average molecular weight is 325 g/mol. The van der Waals surface area contributed by atoms with E-state index in [0.717, 1.165) is 29.1 Å². The molecule has 0 atom stereocenters. The second kappa shape index (κ2) is 6.22. The Balaban J connectivity index is 1.80. The van der Waals surface area contributed by atoms with Crippen LogP contribution < -0.4 is 10.6 Å². The van der Waals surface area contributed by atoms with Gasteiger partial charge in [0.1, 0.15) is 11.6 Å². The minimum absolute atomic E-state index is 0.566. The van der Waals surface area contributed by atoms with Crippen molar-refractivity contribution in [3.8, 4) is 0 Å². The van der Waals surface area contributed by atoms with Gasteiger partial charge in [0.15, 0.2) is 0 Å². The van der Waals surface area contributed by atoms with E-state index in [9.17, 15) is 0 Å². The lowest BCUT2D eigenvalue weighted by molar-refractivity contribution is 0.774. The van der Waals surface area contributed by atoms with Gasteiger partial charge in [-0.2, -0.15) is 0 Å². The summed E-state index contributed by atoms with van der Waals surface area (Å²) in [5.74, 6) is 1.87. The summed E-state index contributed by atoms with van der Waals surface area (Å²) < 4.78 is 0. The van der Waals surface area contributed by atoms with Crippen LogP contribution in [-0.2, 0) is 13.0 Å². The summed E-state index contributed by atoms with van der Waals surface area (Å²) in [5, 5.41) is 1.12. The predicted molar refractivity (Wildman–Crippen MR) is 93.6 cm³/mol. The van der Waals surface area contributed by atoms with Gasteiger partial charge < -0.3 is 10.6 Å². The Morgan fingerprint density at radius 1 is 1.22 bits per heavy atom. The topological polar surface area (TPSA) is 67.9 Å². The second-order valence-corrected chi connectivity index (χ2v) is 6.82. The maximum absolute atomic E-state index is 5.71. The van der Waals surface area contributed by atoms with E-state index < -0.39 is 0 Å². The molecule has 1 fully saturated rings. The van der Waals surface area contributed by atoms with Gasteiger partial charge in [-0.3, -0.25) is 4.98 Å². The lowest BCUT2D eigenvalue weighted by atomic mass is 10.2. The Morgan fingerprint density at radius 3 is 2.83 bits per heavy atom. The van der Waals surface area contributed by atoms with Gasteiger partial charge in [0.05, 0.1) is 17.6 Å². The van der Waals surface area contributed by atoms with Crippen molar-refractivity contribution in [3.05, 3.63) is 46.7 Å². The molecule has 0 spiro atoms. The van der Waals surface area contributed by atoms with E-state index in [2.05, 4.69) is 33.1 Å². The number of nitrogens with zero attached hydrogens (tertiary/aromatic N) is 4. The molecule has 2 N–H and O–H groups in total. The van der Waals surface area contributed by atoms with Gasteiger partial charge in [-0.25, -0.2) is 9.97 Å². The van der Waals surface area contributed by atoms with Crippen molar-refractivity contribution in [3.63, 3.8) is 0 Å². The first-order valence-corrected chi connectivity index (χ1v) is 8.83. The largest absolute Gasteiger partial charge is 0.348 e. The first-order valence-electron chi connectivity index (χ1n) is 7.95. The molecule has 2 heterocycles. The van der Waals surface area contributed by atoms with E-state index in [0.29, 0.717) is 19.0 Å². The zero-order chi connectivity index (χ0) is 15.6. The standard InChI is InChI=1S/C17H19N5S/c18-8-7-16-20-15-4-2-1-3-14(15)17(21-16)22(12-5-6-12)10-13-9-19-11-23-13/h1-4,9,11-12H,5-8,10,18H2. The predicted octanol–water partition coefficient (Wildman–Crippen LogP) is 2.76. The molecule has 0 bridgehead atoms. The first kappa shape index (κ1) is 14.5. The summed E-state index contributed by atoms with van der Waals surface area (Å²) in [6, 6.07) is 8.81. The number of para-hydroxylation sites is 1. The zero-order valence-corrected chi connectivity index (χ0v) is 13.7. The Morgan fingerprint density at radius 2 is 2.09 bits per heavy atom. The quantitative estimate of drug-likeness (QED) is 0.755. The second-order valence-electron chi connectivity index (χ2n) is 5.85. The molecule has 5 nitrogen and oxygen atoms in total. The van der Waals surface area contributed by atoms with Crippen molar-refractivity contribution in [2.75, 3.05) is 11.4 Å². The molecule has 1 saturated carbocycles. The Bertz CT molecular complexity index is 798. The van der Waals surface area contributed by atoms with Crippen LogP contribution in [0.5, 0.6) is 0 Å². The van der Waals surface area contributed by atoms with Crippen LogP contribution in [0, 0.1) is 0 Å². The van der Waals surface area contributed by atoms with Crippen LogP contribution in [-0.4, -0.2) is 27.5 Å². The number of anilines is 1. The maximum Gasteiger partial charge on any atom is 0.140 e. The number of fused-ring (bicyclic) bond motifs is 1. The number of hydrogen-bond acceptors (Lipinski definition) is 6. The van der Waals surface area contributed by atoms with Gasteiger partial charge in [-0.05, 0) is 31.5 Å². The number of aromatic nitrogens is 3. The minimum Gasteiger partial charge on any atom is -0.348 e. The Hall–Kier alpha value is -2.05. The normalized spacial score (nSPS) is 14.3. The van der Waals surface area contributed by atoms with Crippen LogP contribution in [0.25, 0.3) is 10.9 Å². The highest BCUT2D eigenvalue weighted by Crippen LogP contribution is 2.35. The van der Waals surface area contributed by atoms with E-state index in [1.54, 1.807) is 11.3 Å². The molecule has 2 aromatic heterocycles. The molecule has 3 aromatic rings. The van der Waals surface area contributed by atoms with E-state index >= 15 is 0 Å². The van der Waals surface area contributed by atoms with E-state index in [4.69, 9.17) is 10.7 Å². The monoisotopic (exact) mass is 325 g/mol. The highest BCUT2D eigenvalue weighted by Gasteiger charge is 2.31. The van der Waals surface area contributed by atoms with Gasteiger partial charge >= 0.3 is 0 Å². The molecule has 0 amide bonds. The molecule has 23 heavy (non-hydrogen) atoms. The Kier molecular flexibility index (Phi) is 3.93. The molecule has 1 aliphatic carbocycles. The van der Waals surface area contributed by atoms with Crippen LogP contribution in [0.4, 0.5) is 5.82 Å². The van der Waals surface area contributed by atoms with Gasteiger partial charge in [-0.15, -0.1) is 11.3 Å². The van der Waals surface area contributed by atoms with E-state index in [-0.39, 0.29) is 0 Å². The summed E-state index contributed by atoms with van der Waals surface area (Å²) in [6.07, 6.45) is 5.10. The van der Waals surface area contributed by atoms with Crippen molar-refractivity contribution in [1.29, 1.82) is 0 Å². The highest BCUT2D eigenvalue weighted by atomic mass is 32.1.